The predicted octanol–water partition coefficient (Wildman–Crippen LogP) is 2.69. The minimum atomic E-state index is -0.0272. The van der Waals surface area contributed by atoms with Gasteiger partial charge in [-0.15, -0.1) is 0 Å². The summed E-state index contributed by atoms with van der Waals surface area (Å²) in [5.41, 5.74) is 3.51. The molecule has 2 aliphatic heterocycles. The van der Waals surface area contributed by atoms with Crippen molar-refractivity contribution >= 4 is 23.1 Å². The molecule has 2 aliphatic rings. The maximum Gasteiger partial charge on any atom is 0.224 e. The molecule has 2 aromatic rings. The molecule has 8 heteroatoms. The fourth-order valence-corrected chi connectivity index (χ4v) is 4.84. The molecule has 1 aromatic heterocycles. The highest BCUT2D eigenvalue weighted by Gasteiger charge is 2.40. The van der Waals surface area contributed by atoms with Gasteiger partial charge < -0.3 is 20.4 Å². The van der Waals surface area contributed by atoms with E-state index in [9.17, 15) is 4.79 Å². The van der Waals surface area contributed by atoms with E-state index < -0.39 is 0 Å². The lowest BCUT2D eigenvalue weighted by molar-refractivity contribution is -0.117. The summed E-state index contributed by atoms with van der Waals surface area (Å²) < 4.78 is 0. The summed E-state index contributed by atoms with van der Waals surface area (Å²) in [6.45, 7) is 9.79. The first kappa shape index (κ1) is 21.1. The molecule has 1 fully saturated rings. The molecular weight excluding hydrogens is 390 g/mol. The SMILES string of the molecule is CC[C@H]1[C@H](C)[C@@H](Nc2cnc(C#N)cn2)c2cc(N3CCNCC3)ccc2N1C(C)=O. The second-order valence-electron chi connectivity index (χ2n) is 8.22. The highest BCUT2D eigenvalue weighted by atomic mass is 16.2. The van der Waals surface area contributed by atoms with Crippen LogP contribution in [0.1, 0.15) is 44.5 Å². The van der Waals surface area contributed by atoms with Gasteiger partial charge in [0.1, 0.15) is 11.9 Å². The van der Waals surface area contributed by atoms with E-state index >= 15 is 0 Å². The molecule has 3 heterocycles. The van der Waals surface area contributed by atoms with Crippen molar-refractivity contribution < 1.29 is 4.79 Å². The lowest BCUT2D eigenvalue weighted by Crippen LogP contribution is -2.50. The first-order valence-electron chi connectivity index (χ1n) is 10.9. The van der Waals surface area contributed by atoms with E-state index in [1.54, 1.807) is 13.1 Å². The van der Waals surface area contributed by atoms with Crippen LogP contribution in [0, 0.1) is 17.2 Å². The molecule has 0 aliphatic carbocycles. The van der Waals surface area contributed by atoms with Crippen molar-refractivity contribution in [2.75, 3.05) is 41.3 Å². The van der Waals surface area contributed by atoms with Gasteiger partial charge in [0, 0.05) is 62.0 Å². The molecule has 0 unspecified atom stereocenters. The lowest BCUT2D eigenvalue weighted by atomic mass is 9.80. The van der Waals surface area contributed by atoms with Crippen LogP contribution in [0.4, 0.5) is 17.2 Å². The quantitative estimate of drug-likeness (QED) is 0.786. The monoisotopic (exact) mass is 419 g/mol. The molecule has 1 aromatic carbocycles. The summed E-state index contributed by atoms with van der Waals surface area (Å²) in [6, 6.07) is 8.49. The predicted molar refractivity (Wildman–Crippen MR) is 121 cm³/mol. The summed E-state index contributed by atoms with van der Waals surface area (Å²) in [7, 11) is 0. The van der Waals surface area contributed by atoms with Crippen LogP contribution in [0.25, 0.3) is 0 Å². The van der Waals surface area contributed by atoms with Crippen LogP contribution in [0.5, 0.6) is 0 Å². The number of amides is 1. The zero-order valence-electron chi connectivity index (χ0n) is 18.3. The van der Waals surface area contributed by atoms with E-state index in [4.69, 9.17) is 5.26 Å². The highest BCUT2D eigenvalue weighted by molar-refractivity contribution is 5.94. The van der Waals surface area contributed by atoms with Crippen molar-refractivity contribution in [3.05, 3.63) is 41.9 Å². The van der Waals surface area contributed by atoms with Gasteiger partial charge in [-0.2, -0.15) is 5.26 Å². The van der Waals surface area contributed by atoms with Crippen LogP contribution in [-0.4, -0.2) is 48.1 Å². The largest absolute Gasteiger partial charge is 0.369 e. The number of aromatic nitrogens is 2. The second kappa shape index (κ2) is 8.90. The Labute approximate surface area is 183 Å². The standard InChI is InChI=1S/C23H29N7O/c1-4-20-15(2)23(28-22-14-26-17(12-24)13-27-22)19-11-18(29-9-7-25-8-10-29)5-6-21(19)30(20)16(3)31/h5-6,11,13-15,20,23,25H,4,7-10H2,1-3H3,(H,27,28)/t15-,20-,23+/m0/s1. The van der Waals surface area contributed by atoms with E-state index in [0.29, 0.717) is 5.82 Å². The Morgan fingerprint density at radius 2 is 2.06 bits per heavy atom. The first-order valence-corrected chi connectivity index (χ1v) is 10.9. The molecule has 0 bridgehead atoms. The van der Waals surface area contributed by atoms with Crippen molar-refractivity contribution in [3.63, 3.8) is 0 Å². The van der Waals surface area contributed by atoms with Crippen LogP contribution < -0.4 is 20.4 Å². The van der Waals surface area contributed by atoms with Gasteiger partial charge in [-0.05, 0) is 24.6 Å². The number of fused-ring (bicyclic) bond motifs is 1. The molecule has 31 heavy (non-hydrogen) atoms. The van der Waals surface area contributed by atoms with Crippen LogP contribution in [0.15, 0.2) is 30.6 Å². The average Bonchev–Trinajstić information content (AvgIpc) is 2.81. The van der Waals surface area contributed by atoms with Crippen LogP contribution >= 0.6 is 0 Å². The van der Waals surface area contributed by atoms with Gasteiger partial charge in [0.05, 0.1) is 18.4 Å². The summed E-state index contributed by atoms with van der Waals surface area (Å²) in [4.78, 5) is 25.5. The van der Waals surface area contributed by atoms with Crippen molar-refractivity contribution in [1.29, 1.82) is 5.26 Å². The molecule has 3 atom stereocenters. The average molecular weight is 420 g/mol. The summed E-state index contributed by atoms with van der Waals surface area (Å²) in [5, 5.41) is 15.9. The Hall–Kier alpha value is -3.18. The molecule has 2 N–H and O–H groups in total. The Balaban J connectivity index is 1.76. The molecule has 162 valence electrons. The van der Waals surface area contributed by atoms with Crippen molar-refractivity contribution in [1.82, 2.24) is 15.3 Å². The van der Waals surface area contributed by atoms with Gasteiger partial charge in [-0.1, -0.05) is 13.8 Å². The van der Waals surface area contributed by atoms with Gasteiger partial charge in [0.2, 0.25) is 5.91 Å². The third-order valence-electron chi connectivity index (χ3n) is 6.38. The summed E-state index contributed by atoms with van der Waals surface area (Å²) in [5.74, 6) is 0.851. The molecule has 0 radical (unpaired) electrons. The second-order valence-corrected chi connectivity index (χ2v) is 8.22. The number of hydrogen-bond donors (Lipinski definition) is 2. The fourth-order valence-electron chi connectivity index (χ4n) is 4.84. The van der Waals surface area contributed by atoms with Gasteiger partial charge in [-0.3, -0.25) is 4.79 Å². The van der Waals surface area contributed by atoms with Crippen LogP contribution in [0.2, 0.25) is 0 Å². The number of carbonyl (C=O) groups is 1. The maximum atomic E-state index is 12.6. The number of hydrogen-bond acceptors (Lipinski definition) is 7. The topological polar surface area (TPSA) is 97.2 Å². The highest BCUT2D eigenvalue weighted by Crippen LogP contribution is 2.44. The van der Waals surface area contributed by atoms with E-state index in [-0.39, 0.29) is 29.6 Å². The van der Waals surface area contributed by atoms with E-state index in [1.807, 2.05) is 11.0 Å². The number of nitriles is 1. The van der Waals surface area contributed by atoms with Crippen molar-refractivity contribution in [2.45, 2.75) is 39.3 Å². The fraction of sp³-hybridized carbons (Fsp3) is 0.478. The molecule has 4 rings (SSSR count). The summed E-state index contributed by atoms with van der Waals surface area (Å²) >= 11 is 0. The normalized spacial score (nSPS) is 23.1. The zero-order chi connectivity index (χ0) is 22.0. The minimum Gasteiger partial charge on any atom is -0.369 e. The first-order chi connectivity index (χ1) is 15.0. The Kier molecular flexibility index (Phi) is 6.05. The van der Waals surface area contributed by atoms with Gasteiger partial charge >= 0.3 is 0 Å². The maximum absolute atomic E-state index is 12.6. The molecule has 0 saturated carbocycles. The number of nitrogens with zero attached hydrogens (tertiary/aromatic N) is 5. The van der Waals surface area contributed by atoms with E-state index in [0.717, 1.165) is 43.9 Å². The van der Waals surface area contributed by atoms with Gasteiger partial charge in [-0.25, -0.2) is 9.97 Å². The van der Waals surface area contributed by atoms with E-state index in [2.05, 4.69) is 57.5 Å². The number of benzene rings is 1. The third kappa shape index (κ3) is 4.06. The molecule has 1 amide bonds. The number of carbonyl (C=O) groups excluding carboxylic acids is 1. The van der Waals surface area contributed by atoms with Gasteiger partial charge in [0.15, 0.2) is 5.69 Å². The number of nitrogens with one attached hydrogen (secondary N) is 2. The molecule has 1 saturated heterocycles. The van der Waals surface area contributed by atoms with Gasteiger partial charge in [0.25, 0.3) is 0 Å². The van der Waals surface area contributed by atoms with Crippen LogP contribution in [-0.2, 0) is 4.79 Å². The number of anilines is 3. The zero-order valence-corrected chi connectivity index (χ0v) is 18.3. The van der Waals surface area contributed by atoms with Crippen molar-refractivity contribution in [2.24, 2.45) is 5.92 Å². The van der Waals surface area contributed by atoms with Crippen molar-refractivity contribution in [3.8, 4) is 6.07 Å². The molecule has 0 spiro atoms. The molecular formula is C23H29N7O. The Morgan fingerprint density at radius 1 is 1.29 bits per heavy atom. The third-order valence-corrected chi connectivity index (χ3v) is 6.38. The Bertz CT molecular complexity index is 978. The number of piperazine rings is 1. The Morgan fingerprint density at radius 3 is 2.68 bits per heavy atom. The smallest absolute Gasteiger partial charge is 0.224 e. The molecule has 8 nitrogen and oxygen atoms in total. The minimum absolute atomic E-state index is 0.0272. The van der Waals surface area contributed by atoms with Crippen LogP contribution in [0.3, 0.4) is 0 Å². The lowest BCUT2D eigenvalue weighted by Gasteiger charge is -2.45. The van der Waals surface area contributed by atoms with E-state index in [1.165, 1.54) is 11.9 Å². The number of rotatable bonds is 4. The summed E-state index contributed by atoms with van der Waals surface area (Å²) in [6.07, 6.45) is 3.94.